The zero-order valence-corrected chi connectivity index (χ0v) is 12.3. The standard InChI is InChI=1S/C16H12BrN3/c17-11-14-1-2-15(12-3-7-18-8-4-12)20-16(14)13-5-9-19-10-6-13/h1-10H,11H2. The molecule has 0 spiro atoms. The summed E-state index contributed by atoms with van der Waals surface area (Å²) < 4.78 is 0. The van der Waals surface area contributed by atoms with E-state index in [1.54, 1.807) is 24.8 Å². The van der Waals surface area contributed by atoms with E-state index in [9.17, 15) is 0 Å². The molecule has 0 saturated heterocycles. The zero-order chi connectivity index (χ0) is 13.8. The fourth-order valence-electron chi connectivity index (χ4n) is 2.04. The maximum absolute atomic E-state index is 4.80. The van der Waals surface area contributed by atoms with Crippen molar-refractivity contribution in [2.45, 2.75) is 5.33 Å². The van der Waals surface area contributed by atoms with Gasteiger partial charge in [0.2, 0.25) is 0 Å². The van der Waals surface area contributed by atoms with Crippen molar-refractivity contribution in [1.82, 2.24) is 15.0 Å². The van der Waals surface area contributed by atoms with E-state index in [1.165, 1.54) is 0 Å². The van der Waals surface area contributed by atoms with Crippen molar-refractivity contribution in [2.75, 3.05) is 0 Å². The van der Waals surface area contributed by atoms with Gasteiger partial charge in [-0.15, -0.1) is 0 Å². The summed E-state index contributed by atoms with van der Waals surface area (Å²) in [6.07, 6.45) is 7.13. The molecule has 3 rings (SSSR count). The predicted molar refractivity (Wildman–Crippen MR) is 83.3 cm³/mol. The first-order chi connectivity index (χ1) is 9.88. The molecule has 0 N–H and O–H groups in total. The minimum Gasteiger partial charge on any atom is -0.265 e. The highest BCUT2D eigenvalue weighted by Gasteiger charge is 2.08. The summed E-state index contributed by atoms with van der Waals surface area (Å²) in [6, 6.07) is 12.0. The van der Waals surface area contributed by atoms with Crippen LogP contribution in [0.2, 0.25) is 0 Å². The van der Waals surface area contributed by atoms with Gasteiger partial charge in [0.25, 0.3) is 0 Å². The van der Waals surface area contributed by atoms with Crippen LogP contribution in [0.4, 0.5) is 0 Å². The third kappa shape index (κ3) is 2.60. The van der Waals surface area contributed by atoms with Crippen molar-refractivity contribution in [2.24, 2.45) is 0 Å². The Hall–Kier alpha value is -2.07. The number of alkyl halides is 1. The second kappa shape index (κ2) is 5.92. The highest BCUT2D eigenvalue weighted by Crippen LogP contribution is 2.26. The predicted octanol–water partition coefficient (Wildman–Crippen LogP) is 4.10. The van der Waals surface area contributed by atoms with Crippen LogP contribution in [0.1, 0.15) is 5.56 Å². The number of pyridine rings is 3. The molecule has 0 radical (unpaired) electrons. The van der Waals surface area contributed by atoms with E-state index in [0.717, 1.165) is 33.4 Å². The number of aromatic nitrogens is 3. The molecule has 0 aliphatic heterocycles. The summed E-state index contributed by atoms with van der Waals surface area (Å²) in [5, 5.41) is 0.772. The lowest BCUT2D eigenvalue weighted by molar-refractivity contribution is 1.24. The Labute approximate surface area is 125 Å². The van der Waals surface area contributed by atoms with Gasteiger partial charge in [-0.2, -0.15) is 0 Å². The van der Waals surface area contributed by atoms with E-state index >= 15 is 0 Å². The minimum atomic E-state index is 0.772. The van der Waals surface area contributed by atoms with Gasteiger partial charge >= 0.3 is 0 Å². The van der Waals surface area contributed by atoms with Crippen LogP contribution in [-0.2, 0) is 5.33 Å². The van der Waals surface area contributed by atoms with Crippen LogP contribution in [0.5, 0.6) is 0 Å². The minimum absolute atomic E-state index is 0.772. The molecule has 3 aromatic heterocycles. The highest BCUT2D eigenvalue weighted by atomic mass is 79.9. The molecule has 0 aromatic carbocycles. The van der Waals surface area contributed by atoms with Crippen molar-refractivity contribution in [3.63, 3.8) is 0 Å². The summed E-state index contributed by atoms with van der Waals surface area (Å²) in [7, 11) is 0. The third-order valence-corrected chi connectivity index (χ3v) is 3.66. The van der Waals surface area contributed by atoms with Gasteiger partial charge < -0.3 is 0 Å². The molecule has 0 unspecified atom stereocenters. The molecular formula is C16H12BrN3. The van der Waals surface area contributed by atoms with E-state index < -0.39 is 0 Å². The number of hydrogen-bond donors (Lipinski definition) is 0. The Kier molecular flexibility index (Phi) is 3.83. The second-order valence-corrected chi connectivity index (χ2v) is 4.87. The average Bonchev–Trinajstić information content (AvgIpc) is 2.56. The van der Waals surface area contributed by atoms with Gasteiger partial charge in [-0.05, 0) is 35.9 Å². The maximum Gasteiger partial charge on any atom is 0.0751 e. The van der Waals surface area contributed by atoms with Crippen molar-refractivity contribution in [1.29, 1.82) is 0 Å². The summed E-state index contributed by atoms with van der Waals surface area (Å²) in [5.74, 6) is 0. The largest absolute Gasteiger partial charge is 0.265 e. The molecule has 98 valence electrons. The zero-order valence-electron chi connectivity index (χ0n) is 10.7. The number of hydrogen-bond acceptors (Lipinski definition) is 3. The van der Waals surface area contributed by atoms with Gasteiger partial charge in [0, 0.05) is 41.2 Å². The van der Waals surface area contributed by atoms with Crippen LogP contribution in [0.25, 0.3) is 22.5 Å². The monoisotopic (exact) mass is 325 g/mol. The van der Waals surface area contributed by atoms with E-state index in [0.29, 0.717) is 0 Å². The Balaban J connectivity index is 2.13. The van der Waals surface area contributed by atoms with Crippen LogP contribution in [0.15, 0.2) is 61.2 Å². The number of halogens is 1. The van der Waals surface area contributed by atoms with Crippen molar-refractivity contribution >= 4 is 15.9 Å². The molecule has 3 aromatic rings. The van der Waals surface area contributed by atoms with Gasteiger partial charge in [-0.1, -0.05) is 22.0 Å². The summed E-state index contributed by atoms with van der Waals surface area (Å²) in [5.41, 5.74) is 5.23. The summed E-state index contributed by atoms with van der Waals surface area (Å²) >= 11 is 3.52. The molecule has 3 nitrogen and oxygen atoms in total. The van der Waals surface area contributed by atoms with Crippen molar-refractivity contribution in [3.8, 4) is 22.5 Å². The van der Waals surface area contributed by atoms with Crippen LogP contribution in [-0.4, -0.2) is 15.0 Å². The quantitative estimate of drug-likeness (QED) is 0.680. The first-order valence-electron chi connectivity index (χ1n) is 6.25. The van der Waals surface area contributed by atoms with Gasteiger partial charge in [0.1, 0.15) is 0 Å². The lowest BCUT2D eigenvalue weighted by Crippen LogP contribution is -1.94. The molecule has 20 heavy (non-hydrogen) atoms. The number of rotatable bonds is 3. The maximum atomic E-state index is 4.80. The molecule has 3 heterocycles. The van der Waals surface area contributed by atoms with Crippen LogP contribution in [0, 0.1) is 0 Å². The molecule has 0 aliphatic carbocycles. The van der Waals surface area contributed by atoms with Crippen molar-refractivity contribution < 1.29 is 0 Å². The fourth-order valence-corrected chi connectivity index (χ4v) is 2.49. The topological polar surface area (TPSA) is 38.7 Å². The highest BCUT2D eigenvalue weighted by molar-refractivity contribution is 9.08. The first kappa shape index (κ1) is 12.9. The SMILES string of the molecule is BrCc1ccc(-c2ccncc2)nc1-c1ccncc1. The van der Waals surface area contributed by atoms with Crippen LogP contribution >= 0.6 is 15.9 Å². The van der Waals surface area contributed by atoms with Gasteiger partial charge in [0.15, 0.2) is 0 Å². The van der Waals surface area contributed by atoms with Gasteiger partial charge in [0.05, 0.1) is 11.4 Å². The van der Waals surface area contributed by atoms with Crippen LogP contribution in [0.3, 0.4) is 0 Å². The number of nitrogens with zero attached hydrogens (tertiary/aromatic N) is 3. The Bertz CT molecular complexity index is 699. The van der Waals surface area contributed by atoms with Gasteiger partial charge in [-0.3, -0.25) is 9.97 Å². The Morgan fingerprint density at radius 2 is 1.35 bits per heavy atom. The van der Waals surface area contributed by atoms with E-state index in [4.69, 9.17) is 4.98 Å². The molecule has 0 atom stereocenters. The molecule has 0 aliphatic rings. The fraction of sp³-hybridized carbons (Fsp3) is 0.0625. The van der Waals surface area contributed by atoms with E-state index in [1.807, 2.05) is 30.3 Å². The first-order valence-corrected chi connectivity index (χ1v) is 7.37. The molecule has 0 bridgehead atoms. The molecule has 0 fully saturated rings. The van der Waals surface area contributed by atoms with Crippen molar-refractivity contribution in [3.05, 3.63) is 66.7 Å². The summed E-state index contributed by atoms with van der Waals surface area (Å²) in [4.78, 5) is 12.9. The molecule has 0 amide bonds. The Morgan fingerprint density at radius 3 is 1.95 bits per heavy atom. The lowest BCUT2D eigenvalue weighted by atomic mass is 10.1. The van der Waals surface area contributed by atoms with E-state index in [-0.39, 0.29) is 0 Å². The normalized spacial score (nSPS) is 10.4. The molecular weight excluding hydrogens is 314 g/mol. The Morgan fingerprint density at radius 1 is 0.750 bits per heavy atom. The average molecular weight is 326 g/mol. The lowest BCUT2D eigenvalue weighted by Gasteiger charge is -2.09. The third-order valence-electron chi connectivity index (χ3n) is 3.05. The van der Waals surface area contributed by atoms with Gasteiger partial charge in [-0.25, -0.2) is 4.98 Å². The summed E-state index contributed by atoms with van der Waals surface area (Å²) in [6.45, 7) is 0. The molecule has 4 heteroatoms. The second-order valence-electron chi connectivity index (χ2n) is 4.31. The van der Waals surface area contributed by atoms with Crippen LogP contribution < -0.4 is 0 Å². The smallest absolute Gasteiger partial charge is 0.0751 e. The van der Waals surface area contributed by atoms with E-state index in [2.05, 4.69) is 32.0 Å². The molecule has 0 saturated carbocycles.